The average Bonchev–Trinajstić information content (AvgIpc) is 2.71. The van der Waals surface area contributed by atoms with Crippen molar-refractivity contribution < 1.29 is 34.3 Å². The highest BCUT2D eigenvalue weighted by Crippen LogP contribution is 2.31. The van der Waals surface area contributed by atoms with Gasteiger partial charge in [0, 0.05) is 18.1 Å². The quantitative estimate of drug-likeness (QED) is 0.192. The van der Waals surface area contributed by atoms with Gasteiger partial charge in [0.25, 0.3) is 0 Å². The Morgan fingerprint density at radius 2 is 1.59 bits per heavy atom. The first-order valence-corrected chi connectivity index (χ1v) is 11.3. The molecule has 0 aromatic heterocycles. The van der Waals surface area contributed by atoms with Crippen molar-refractivity contribution in [3.63, 3.8) is 0 Å². The molecule has 0 aromatic rings. The van der Waals surface area contributed by atoms with Gasteiger partial charge in [0.15, 0.2) is 12.6 Å². The molecule has 0 aromatic carbocycles. The van der Waals surface area contributed by atoms with Gasteiger partial charge in [0.1, 0.15) is 30.0 Å². The minimum Gasteiger partial charge on any atom is -0.388 e. The van der Waals surface area contributed by atoms with E-state index >= 15 is 0 Å². The third-order valence-corrected chi connectivity index (χ3v) is 6.81. The molecule has 12 heteroatoms. The van der Waals surface area contributed by atoms with Crippen LogP contribution in [0.1, 0.15) is 33.1 Å². The molecule has 3 rings (SSSR count). The number of hydrogen-bond donors (Lipinski definition) is 8. The predicted octanol–water partition coefficient (Wildman–Crippen LogP) is -3.59. The van der Waals surface area contributed by atoms with E-state index in [2.05, 4.69) is 5.32 Å². The number of rotatable bonds is 6. The Bertz CT molecular complexity index is 615. The Labute approximate surface area is 188 Å². The summed E-state index contributed by atoms with van der Waals surface area (Å²) in [6.07, 6.45) is -4.58. The first-order valence-electron chi connectivity index (χ1n) is 11.3. The molecule has 188 valence electrons. The summed E-state index contributed by atoms with van der Waals surface area (Å²) in [5.41, 5.74) is 23.3. The molecule has 12 N–H and O–H groups in total. The van der Waals surface area contributed by atoms with E-state index in [-0.39, 0.29) is 24.8 Å². The third kappa shape index (κ3) is 5.43. The minimum absolute atomic E-state index is 0.0683. The van der Waals surface area contributed by atoms with Gasteiger partial charge in [-0.25, -0.2) is 0 Å². The molecule has 2 heterocycles. The largest absolute Gasteiger partial charge is 0.388 e. The summed E-state index contributed by atoms with van der Waals surface area (Å²) >= 11 is 0. The van der Waals surface area contributed by atoms with Gasteiger partial charge < -0.3 is 62.5 Å². The molecule has 2 saturated heterocycles. The SMILES string of the molecule is CN[C@@H]1C(O)[C@@H](O[C@@H]2C(O)C(O[C@H]3O[C@H]([C@@H](C)N)CCC3N)[C@@H](N)C[C@H]2N)OC[C@]1(C)O. The molecule has 0 spiro atoms. The number of nitrogens with one attached hydrogen (secondary N) is 1. The number of aliphatic hydroxyl groups excluding tert-OH is 2. The predicted molar refractivity (Wildman–Crippen MR) is 115 cm³/mol. The summed E-state index contributed by atoms with van der Waals surface area (Å²) in [7, 11) is 1.62. The van der Waals surface area contributed by atoms with Crippen molar-refractivity contribution >= 4 is 0 Å². The van der Waals surface area contributed by atoms with Crippen LogP contribution in [0.2, 0.25) is 0 Å². The van der Waals surface area contributed by atoms with Gasteiger partial charge in [-0.1, -0.05) is 0 Å². The van der Waals surface area contributed by atoms with Crippen LogP contribution in [-0.2, 0) is 18.9 Å². The standard InChI is InChI=1S/C20H41N5O7/c1-8(21)12-5-4-9(22)18(30-12)31-15-10(23)6-11(24)16(13(15)26)32-19-14(27)17(25-3)20(2,28)7-29-19/h8-19,25-28H,4-7,21-24H2,1-3H3/t8-,9?,10+,11-,12+,13?,14?,15?,16+,17-,18-,19-,20+/m1/s1. The van der Waals surface area contributed by atoms with Crippen molar-refractivity contribution in [2.45, 2.75) is 112 Å². The fourth-order valence-corrected chi connectivity index (χ4v) is 4.87. The van der Waals surface area contributed by atoms with Gasteiger partial charge >= 0.3 is 0 Å². The molecule has 1 aliphatic carbocycles. The van der Waals surface area contributed by atoms with E-state index in [1.165, 1.54) is 0 Å². The highest BCUT2D eigenvalue weighted by atomic mass is 16.7. The Morgan fingerprint density at radius 3 is 2.16 bits per heavy atom. The molecule has 13 atom stereocenters. The van der Waals surface area contributed by atoms with Crippen LogP contribution in [0.15, 0.2) is 0 Å². The van der Waals surface area contributed by atoms with Crippen LogP contribution in [0.5, 0.6) is 0 Å². The number of likely N-dealkylation sites (N-methyl/N-ethyl adjacent to an activating group) is 1. The maximum Gasteiger partial charge on any atom is 0.185 e. The Morgan fingerprint density at radius 1 is 1.00 bits per heavy atom. The van der Waals surface area contributed by atoms with E-state index in [0.717, 1.165) is 6.42 Å². The normalized spacial score (nSPS) is 51.4. The molecule has 0 bridgehead atoms. The number of ether oxygens (including phenoxy) is 4. The molecular weight excluding hydrogens is 422 g/mol. The van der Waals surface area contributed by atoms with E-state index in [1.54, 1.807) is 14.0 Å². The highest BCUT2D eigenvalue weighted by Gasteiger charge is 2.50. The van der Waals surface area contributed by atoms with Crippen molar-refractivity contribution in [2.24, 2.45) is 22.9 Å². The molecule has 0 amide bonds. The summed E-state index contributed by atoms with van der Waals surface area (Å²) in [4.78, 5) is 0. The highest BCUT2D eigenvalue weighted by molar-refractivity contribution is 5.02. The smallest absolute Gasteiger partial charge is 0.185 e. The molecule has 3 aliphatic rings. The lowest BCUT2D eigenvalue weighted by atomic mass is 9.84. The van der Waals surface area contributed by atoms with Gasteiger partial charge in [-0.05, 0) is 40.2 Å². The lowest BCUT2D eigenvalue weighted by molar-refractivity contribution is -0.307. The van der Waals surface area contributed by atoms with Crippen molar-refractivity contribution in [1.82, 2.24) is 5.32 Å². The summed E-state index contributed by atoms with van der Waals surface area (Å²) in [6.45, 7) is 3.34. The topological polar surface area (TPSA) is 214 Å². The number of hydrogen-bond acceptors (Lipinski definition) is 12. The molecule has 12 nitrogen and oxygen atoms in total. The van der Waals surface area contributed by atoms with E-state index in [1.807, 2.05) is 6.92 Å². The minimum atomic E-state index is -1.29. The first-order chi connectivity index (χ1) is 15.0. The van der Waals surface area contributed by atoms with Crippen LogP contribution in [0.4, 0.5) is 0 Å². The van der Waals surface area contributed by atoms with Crippen LogP contribution in [0, 0.1) is 0 Å². The Kier molecular flexibility index (Phi) is 8.51. The maximum atomic E-state index is 11.1. The van der Waals surface area contributed by atoms with Gasteiger partial charge in [-0.15, -0.1) is 0 Å². The molecule has 1 saturated carbocycles. The second-order valence-corrected chi connectivity index (χ2v) is 9.69. The van der Waals surface area contributed by atoms with Crippen LogP contribution < -0.4 is 28.3 Å². The zero-order chi connectivity index (χ0) is 23.8. The van der Waals surface area contributed by atoms with Crippen molar-refractivity contribution in [2.75, 3.05) is 13.7 Å². The van der Waals surface area contributed by atoms with Gasteiger partial charge in [0.05, 0.1) is 24.8 Å². The fourth-order valence-electron chi connectivity index (χ4n) is 4.87. The molecule has 2 aliphatic heterocycles. The van der Waals surface area contributed by atoms with Crippen molar-refractivity contribution in [3.05, 3.63) is 0 Å². The summed E-state index contributed by atoms with van der Waals surface area (Å²) in [5, 5.41) is 35.0. The van der Waals surface area contributed by atoms with Gasteiger partial charge in [-0.2, -0.15) is 0 Å². The fraction of sp³-hybridized carbons (Fsp3) is 1.00. The van der Waals surface area contributed by atoms with Gasteiger partial charge in [0.2, 0.25) is 0 Å². The van der Waals surface area contributed by atoms with E-state index in [4.69, 9.17) is 41.9 Å². The monoisotopic (exact) mass is 463 g/mol. The number of nitrogens with two attached hydrogens (primary N) is 4. The zero-order valence-electron chi connectivity index (χ0n) is 19.0. The molecule has 0 radical (unpaired) electrons. The van der Waals surface area contributed by atoms with E-state index < -0.39 is 60.7 Å². The van der Waals surface area contributed by atoms with Crippen molar-refractivity contribution in [3.8, 4) is 0 Å². The Hall–Kier alpha value is -0.480. The molecular formula is C20H41N5O7. The van der Waals surface area contributed by atoms with Crippen molar-refractivity contribution in [1.29, 1.82) is 0 Å². The molecule has 4 unspecified atom stereocenters. The second-order valence-electron chi connectivity index (χ2n) is 9.69. The van der Waals surface area contributed by atoms with Crippen LogP contribution >= 0.6 is 0 Å². The van der Waals surface area contributed by atoms with Crippen LogP contribution in [-0.4, -0.2) is 108 Å². The summed E-state index contributed by atoms with van der Waals surface area (Å²) in [6, 6.07) is -2.47. The Balaban J connectivity index is 1.69. The molecule has 3 fully saturated rings. The maximum absolute atomic E-state index is 11.1. The van der Waals surface area contributed by atoms with Crippen LogP contribution in [0.3, 0.4) is 0 Å². The second kappa shape index (κ2) is 10.4. The van der Waals surface area contributed by atoms with E-state index in [9.17, 15) is 15.3 Å². The average molecular weight is 464 g/mol. The van der Waals surface area contributed by atoms with E-state index in [0.29, 0.717) is 12.8 Å². The lowest BCUT2D eigenvalue weighted by Crippen LogP contribution is -2.68. The third-order valence-electron chi connectivity index (χ3n) is 6.81. The van der Waals surface area contributed by atoms with Gasteiger partial charge in [-0.3, -0.25) is 0 Å². The summed E-state index contributed by atoms with van der Waals surface area (Å²) in [5.74, 6) is 0. The lowest BCUT2D eigenvalue weighted by Gasteiger charge is -2.48. The first kappa shape index (κ1) is 26.1. The summed E-state index contributed by atoms with van der Waals surface area (Å²) < 4.78 is 23.4. The molecule has 32 heavy (non-hydrogen) atoms. The van der Waals surface area contributed by atoms with Crippen LogP contribution in [0.25, 0.3) is 0 Å². The number of aliphatic hydroxyl groups is 3. The zero-order valence-corrected chi connectivity index (χ0v) is 19.0.